The quantitative estimate of drug-likeness (QED) is 0.676. The molecule has 29 heavy (non-hydrogen) atoms. The topological polar surface area (TPSA) is 92.2 Å². The maximum Gasteiger partial charge on any atom is 0.321 e. The Morgan fingerprint density at radius 2 is 1.90 bits per heavy atom. The van der Waals surface area contributed by atoms with Gasteiger partial charge in [0.15, 0.2) is 11.0 Å². The van der Waals surface area contributed by atoms with Gasteiger partial charge in [0, 0.05) is 11.7 Å². The van der Waals surface area contributed by atoms with Crippen molar-refractivity contribution in [2.24, 2.45) is 0 Å². The van der Waals surface area contributed by atoms with Crippen molar-refractivity contribution < 1.29 is 9.59 Å². The zero-order chi connectivity index (χ0) is 20.2. The van der Waals surface area contributed by atoms with Crippen LogP contribution in [0, 0.1) is 0 Å². The molecule has 0 bridgehead atoms. The molecule has 1 unspecified atom stereocenters. The van der Waals surface area contributed by atoms with Crippen molar-refractivity contribution in [3.63, 3.8) is 0 Å². The predicted molar refractivity (Wildman–Crippen MR) is 111 cm³/mol. The standard InChI is InChI=1S/C20H26N6O2S/c1-14(18(27)22-19(28)21-15-9-10-15)29-20-24-23-17(13-25-11-5-6-12-25)26(20)16-7-3-2-4-8-16/h2-4,7-8,14-15H,5-6,9-13H2,1H3,(H2,21,22,27,28). The Bertz CT molecular complexity index is 861. The first-order valence-corrected chi connectivity index (χ1v) is 11.0. The molecule has 4 rings (SSSR count). The average Bonchev–Trinajstić information content (AvgIpc) is 3.22. The van der Waals surface area contributed by atoms with Crippen molar-refractivity contribution in [3.05, 3.63) is 36.2 Å². The van der Waals surface area contributed by atoms with Crippen molar-refractivity contribution in [1.82, 2.24) is 30.3 Å². The highest BCUT2D eigenvalue weighted by Crippen LogP contribution is 2.27. The van der Waals surface area contributed by atoms with Gasteiger partial charge in [0.2, 0.25) is 5.91 Å². The third kappa shape index (κ3) is 5.16. The zero-order valence-electron chi connectivity index (χ0n) is 16.5. The lowest BCUT2D eigenvalue weighted by atomic mass is 10.3. The number of para-hydroxylation sites is 1. The average molecular weight is 415 g/mol. The van der Waals surface area contributed by atoms with Gasteiger partial charge in [-0.3, -0.25) is 19.6 Å². The number of nitrogens with one attached hydrogen (secondary N) is 2. The van der Waals surface area contributed by atoms with E-state index in [-0.39, 0.29) is 11.9 Å². The third-order valence-corrected chi connectivity index (χ3v) is 6.12. The van der Waals surface area contributed by atoms with Gasteiger partial charge in [0.05, 0.1) is 11.8 Å². The lowest BCUT2D eigenvalue weighted by Crippen LogP contribution is -2.43. The summed E-state index contributed by atoms with van der Waals surface area (Å²) in [5, 5.41) is 14.1. The Morgan fingerprint density at radius 1 is 1.17 bits per heavy atom. The number of hydrogen-bond acceptors (Lipinski definition) is 6. The van der Waals surface area contributed by atoms with Gasteiger partial charge in [0.1, 0.15) is 0 Å². The molecule has 0 radical (unpaired) electrons. The molecule has 1 saturated carbocycles. The Labute approximate surface area is 174 Å². The second-order valence-corrected chi connectivity index (χ2v) is 8.86. The fraction of sp³-hybridized carbons (Fsp3) is 0.500. The zero-order valence-corrected chi connectivity index (χ0v) is 17.3. The number of carbonyl (C=O) groups is 2. The lowest BCUT2D eigenvalue weighted by molar-refractivity contribution is -0.119. The van der Waals surface area contributed by atoms with E-state index in [4.69, 9.17) is 0 Å². The molecule has 2 N–H and O–H groups in total. The molecule has 2 fully saturated rings. The van der Waals surface area contributed by atoms with E-state index >= 15 is 0 Å². The summed E-state index contributed by atoms with van der Waals surface area (Å²) in [7, 11) is 0. The lowest BCUT2D eigenvalue weighted by Gasteiger charge is -2.17. The monoisotopic (exact) mass is 414 g/mol. The summed E-state index contributed by atoms with van der Waals surface area (Å²) in [6.07, 6.45) is 4.38. The number of benzene rings is 1. The summed E-state index contributed by atoms with van der Waals surface area (Å²) in [4.78, 5) is 26.7. The SMILES string of the molecule is CC(Sc1nnc(CN2CCCC2)n1-c1ccccc1)C(=O)NC(=O)NC1CC1. The van der Waals surface area contributed by atoms with Crippen molar-refractivity contribution >= 4 is 23.7 Å². The maximum absolute atomic E-state index is 12.4. The van der Waals surface area contributed by atoms with Gasteiger partial charge in [-0.1, -0.05) is 30.0 Å². The Kier molecular flexibility index (Phi) is 6.15. The first-order valence-electron chi connectivity index (χ1n) is 10.1. The number of carbonyl (C=O) groups excluding carboxylic acids is 2. The number of hydrogen-bond donors (Lipinski definition) is 2. The van der Waals surface area contributed by atoms with Crippen LogP contribution in [-0.2, 0) is 11.3 Å². The number of thioether (sulfide) groups is 1. The van der Waals surface area contributed by atoms with Crippen LogP contribution < -0.4 is 10.6 Å². The van der Waals surface area contributed by atoms with Gasteiger partial charge in [-0.15, -0.1) is 10.2 Å². The van der Waals surface area contributed by atoms with E-state index < -0.39 is 11.3 Å². The van der Waals surface area contributed by atoms with E-state index in [9.17, 15) is 9.59 Å². The number of urea groups is 1. The first-order chi connectivity index (χ1) is 14.1. The molecule has 1 aliphatic heterocycles. The Balaban J connectivity index is 1.48. The minimum absolute atomic E-state index is 0.208. The minimum atomic E-state index is -0.480. The second-order valence-electron chi connectivity index (χ2n) is 7.55. The van der Waals surface area contributed by atoms with Crippen molar-refractivity contribution in [3.8, 4) is 5.69 Å². The summed E-state index contributed by atoms with van der Waals surface area (Å²) >= 11 is 1.31. The molecule has 3 amide bonds. The number of imide groups is 1. The van der Waals surface area contributed by atoms with Gasteiger partial charge >= 0.3 is 6.03 Å². The number of rotatable bonds is 7. The predicted octanol–water partition coefficient (Wildman–Crippen LogP) is 2.33. The largest absolute Gasteiger partial charge is 0.335 e. The van der Waals surface area contributed by atoms with E-state index in [1.165, 1.54) is 24.6 Å². The molecule has 2 heterocycles. The molecule has 0 spiro atoms. The van der Waals surface area contributed by atoms with Crippen molar-refractivity contribution in [1.29, 1.82) is 0 Å². The number of amides is 3. The molecule has 8 nitrogen and oxygen atoms in total. The van der Waals surface area contributed by atoms with Crippen molar-refractivity contribution in [2.45, 2.75) is 55.6 Å². The summed E-state index contributed by atoms with van der Waals surface area (Å²) in [6.45, 7) is 4.64. The van der Waals surface area contributed by atoms with Crippen LogP contribution in [0.1, 0.15) is 38.4 Å². The smallest absolute Gasteiger partial charge is 0.321 e. The third-order valence-electron chi connectivity index (χ3n) is 5.08. The van der Waals surface area contributed by atoms with Crippen LogP contribution >= 0.6 is 11.8 Å². The van der Waals surface area contributed by atoms with Crippen LogP contribution in [0.15, 0.2) is 35.5 Å². The minimum Gasteiger partial charge on any atom is -0.335 e. The highest BCUT2D eigenvalue weighted by atomic mass is 32.2. The highest BCUT2D eigenvalue weighted by molar-refractivity contribution is 8.00. The fourth-order valence-corrected chi connectivity index (χ4v) is 4.22. The van der Waals surface area contributed by atoms with E-state index in [1.807, 2.05) is 34.9 Å². The summed E-state index contributed by atoms with van der Waals surface area (Å²) in [5.74, 6) is 0.525. The summed E-state index contributed by atoms with van der Waals surface area (Å²) < 4.78 is 2.01. The normalized spacial score (nSPS) is 17.8. The Hall–Kier alpha value is -2.39. The maximum atomic E-state index is 12.4. The molecule has 9 heteroatoms. The summed E-state index contributed by atoms with van der Waals surface area (Å²) in [5.41, 5.74) is 0.966. The summed E-state index contributed by atoms with van der Waals surface area (Å²) in [6, 6.07) is 9.71. The van der Waals surface area contributed by atoms with Crippen LogP contribution in [0.25, 0.3) is 5.69 Å². The van der Waals surface area contributed by atoms with Gasteiger partial charge < -0.3 is 5.32 Å². The van der Waals surface area contributed by atoms with Crippen LogP contribution in [0.2, 0.25) is 0 Å². The van der Waals surface area contributed by atoms with E-state index in [1.54, 1.807) is 6.92 Å². The molecule has 1 aromatic heterocycles. The number of nitrogens with zero attached hydrogens (tertiary/aromatic N) is 4. The van der Waals surface area contributed by atoms with Crippen LogP contribution in [0.4, 0.5) is 4.79 Å². The second kappa shape index (κ2) is 8.96. The van der Waals surface area contributed by atoms with Gasteiger partial charge in [-0.25, -0.2) is 4.79 Å². The van der Waals surface area contributed by atoms with Gasteiger partial charge in [-0.05, 0) is 57.8 Å². The molecule has 154 valence electrons. The molecule has 1 saturated heterocycles. The number of likely N-dealkylation sites (tertiary alicyclic amines) is 1. The Morgan fingerprint density at radius 3 is 2.59 bits per heavy atom. The molecule has 1 aliphatic carbocycles. The van der Waals surface area contributed by atoms with Crippen LogP contribution in [-0.4, -0.2) is 56.0 Å². The molecular weight excluding hydrogens is 388 g/mol. The fourth-order valence-electron chi connectivity index (χ4n) is 3.33. The highest BCUT2D eigenvalue weighted by Gasteiger charge is 2.27. The van der Waals surface area contributed by atoms with E-state index in [2.05, 4.69) is 25.7 Å². The molecule has 2 aliphatic rings. The molecule has 1 atom stereocenters. The van der Waals surface area contributed by atoms with Gasteiger partial charge in [0.25, 0.3) is 0 Å². The molecule has 1 aromatic carbocycles. The van der Waals surface area contributed by atoms with Crippen LogP contribution in [0.5, 0.6) is 0 Å². The first kappa shape index (κ1) is 19.9. The van der Waals surface area contributed by atoms with E-state index in [0.29, 0.717) is 5.16 Å². The van der Waals surface area contributed by atoms with Gasteiger partial charge in [-0.2, -0.15) is 0 Å². The number of aromatic nitrogens is 3. The molecular formula is C20H26N6O2S. The van der Waals surface area contributed by atoms with E-state index in [0.717, 1.165) is 44.0 Å². The van der Waals surface area contributed by atoms with Crippen LogP contribution in [0.3, 0.4) is 0 Å². The molecule has 2 aromatic rings. The van der Waals surface area contributed by atoms with Crippen molar-refractivity contribution in [2.75, 3.05) is 13.1 Å².